The molecule has 4 aromatic rings. The molecule has 0 aliphatic carbocycles. The Balaban J connectivity index is 1.61. The summed E-state index contributed by atoms with van der Waals surface area (Å²) < 4.78 is 8.93. The van der Waals surface area contributed by atoms with Crippen LogP contribution in [0.5, 0.6) is 0 Å². The second-order valence-corrected chi connectivity index (χ2v) is 7.53. The Hall–Kier alpha value is -3.45. The number of nitrogens with zero attached hydrogens (tertiary/aromatic N) is 3. The number of ether oxygens (including phenoxy) is 1. The Labute approximate surface area is 172 Å². The minimum absolute atomic E-state index is 0.0484. The van der Waals surface area contributed by atoms with Gasteiger partial charge in [-0.25, -0.2) is 4.98 Å². The van der Waals surface area contributed by atoms with Gasteiger partial charge in [-0.15, -0.1) is 0 Å². The van der Waals surface area contributed by atoms with E-state index in [1.54, 1.807) is 24.4 Å². The Kier molecular flexibility index (Phi) is 4.80. The zero-order chi connectivity index (χ0) is 20.5. The quantitative estimate of drug-likeness (QED) is 0.557. The number of carbonyl (C=O) groups excluding carboxylic acids is 1. The predicted octanol–water partition coefficient (Wildman–Crippen LogP) is 2.61. The van der Waals surface area contributed by atoms with E-state index in [1.807, 2.05) is 41.0 Å². The van der Waals surface area contributed by atoms with Crippen LogP contribution in [0.4, 0.5) is 0 Å². The normalized spacial score (nSPS) is 16.3. The Morgan fingerprint density at radius 2 is 2.00 bits per heavy atom. The van der Waals surface area contributed by atoms with Gasteiger partial charge in [-0.1, -0.05) is 36.4 Å². The van der Waals surface area contributed by atoms with E-state index in [0.29, 0.717) is 35.5 Å². The fourth-order valence-electron chi connectivity index (χ4n) is 3.97. The molecule has 1 aliphatic rings. The van der Waals surface area contributed by atoms with E-state index in [-0.39, 0.29) is 17.6 Å². The van der Waals surface area contributed by atoms with Crippen LogP contribution in [0.1, 0.15) is 28.9 Å². The Bertz CT molecular complexity index is 1270. The van der Waals surface area contributed by atoms with E-state index in [2.05, 4.69) is 5.32 Å². The van der Waals surface area contributed by atoms with Crippen molar-refractivity contribution < 1.29 is 9.53 Å². The van der Waals surface area contributed by atoms with Crippen molar-refractivity contribution in [3.8, 4) is 0 Å². The van der Waals surface area contributed by atoms with Gasteiger partial charge in [0.2, 0.25) is 0 Å². The lowest BCUT2D eigenvalue weighted by molar-refractivity contribution is 0.0851. The van der Waals surface area contributed by atoms with Gasteiger partial charge >= 0.3 is 0 Å². The lowest BCUT2D eigenvalue weighted by Gasteiger charge is -2.13. The molecule has 1 aliphatic heterocycles. The second-order valence-electron chi connectivity index (χ2n) is 7.53. The van der Waals surface area contributed by atoms with E-state index >= 15 is 0 Å². The second kappa shape index (κ2) is 7.76. The SMILES string of the molecule is O=C(NC[C@@H]1CCCO1)c1cc2c(=O)n3ccccc3nc2n1Cc1ccccc1. The largest absolute Gasteiger partial charge is 0.376 e. The summed E-state index contributed by atoms with van der Waals surface area (Å²) >= 11 is 0. The number of carbonyl (C=O) groups is 1. The van der Waals surface area contributed by atoms with Gasteiger partial charge < -0.3 is 14.6 Å². The van der Waals surface area contributed by atoms with Gasteiger partial charge in [0, 0.05) is 25.9 Å². The number of rotatable bonds is 5. The molecule has 1 N–H and O–H groups in total. The van der Waals surface area contributed by atoms with Crippen LogP contribution in [0.25, 0.3) is 16.7 Å². The number of amides is 1. The van der Waals surface area contributed by atoms with Gasteiger partial charge in [-0.05, 0) is 36.6 Å². The maximum absolute atomic E-state index is 13.1. The minimum atomic E-state index is -0.229. The third-order valence-corrected chi connectivity index (χ3v) is 5.51. The van der Waals surface area contributed by atoms with Gasteiger partial charge in [0.05, 0.1) is 11.5 Å². The standard InChI is InChI=1S/C23H22N4O3/c28-22(24-14-17-9-6-12-30-17)19-13-18-21(27(19)15-16-7-2-1-3-8-16)25-20-10-4-5-11-26(20)23(18)29/h1-5,7-8,10-11,13,17H,6,9,12,14-15H2,(H,24,28)/t17-/m0/s1. The summed E-state index contributed by atoms with van der Waals surface area (Å²) in [6.07, 6.45) is 3.70. The van der Waals surface area contributed by atoms with Crippen molar-refractivity contribution in [3.63, 3.8) is 0 Å². The first-order valence-corrected chi connectivity index (χ1v) is 10.1. The summed E-state index contributed by atoms with van der Waals surface area (Å²) in [4.78, 5) is 30.8. The maximum atomic E-state index is 13.1. The maximum Gasteiger partial charge on any atom is 0.268 e. The molecule has 7 heteroatoms. The van der Waals surface area contributed by atoms with E-state index in [1.165, 1.54) is 4.40 Å². The first-order chi connectivity index (χ1) is 14.7. The number of nitrogens with one attached hydrogen (secondary N) is 1. The number of aromatic nitrogens is 3. The molecule has 0 radical (unpaired) electrons. The molecular formula is C23H22N4O3. The summed E-state index contributed by atoms with van der Waals surface area (Å²) in [5.41, 5.74) is 2.33. The molecule has 1 saturated heterocycles. The molecule has 152 valence electrons. The Morgan fingerprint density at radius 1 is 1.17 bits per heavy atom. The first-order valence-electron chi connectivity index (χ1n) is 10.1. The van der Waals surface area contributed by atoms with Crippen molar-refractivity contribution in [1.82, 2.24) is 19.3 Å². The molecule has 4 heterocycles. The summed E-state index contributed by atoms with van der Waals surface area (Å²) in [5, 5.41) is 3.40. The van der Waals surface area contributed by atoms with Crippen molar-refractivity contribution in [2.24, 2.45) is 0 Å². The van der Waals surface area contributed by atoms with Crippen LogP contribution in [0, 0.1) is 0 Å². The van der Waals surface area contributed by atoms with Gasteiger partial charge in [0.25, 0.3) is 11.5 Å². The highest BCUT2D eigenvalue weighted by Gasteiger charge is 2.22. The smallest absolute Gasteiger partial charge is 0.268 e. The number of hydrogen-bond donors (Lipinski definition) is 1. The van der Waals surface area contributed by atoms with Gasteiger partial charge in [-0.2, -0.15) is 0 Å². The first kappa shape index (κ1) is 18.6. The molecule has 0 spiro atoms. The van der Waals surface area contributed by atoms with E-state index in [4.69, 9.17) is 9.72 Å². The molecular weight excluding hydrogens is 380 g/mol. The fraction of sp³-hybridized carbons (Fsp3) is 0.261. The van der Waals surface area contributed by atoms with Crippen LogP contribution in [0.2, 0.25) is 0 Å². The molecule has 1 amide bonds. The number of pyridine rings is 1. The highest BCUT2D eigenvalue weighted by atomic mass is 16.5. The van der Waals surface area contributed by atoms with E-state index in [0.717, 1.165) is 25.0 Å². The number of hydrogen-bond acceptors (Lipinski definition) is 4. The van der Waals surface area contributed by atoms with Crippen molar-refractivity contribution in [1.29, 1.82) is 0 Å². The molecule has 0 saturated carbocycles. The molecule has 0 bridgehead atoms. The lowest BCUT2D eigenvalue weighted by atomic mass is 10.2. The monoisotopic (exact) mass is 402 g/mol. The van der Waals surface area contributed by atoms with E-state index in [9.17, 15) is 9.59 Å². The molecule has 1 atom stereocenters. The van der Waals surface area contributed by atoms with E-state index < -0.39 is 0 Å². The molecule has 5 rings (SSSR count). The molecule has 3 aromatic heterocycles. The van der Waals surface area contributed by atoms with Gasteiger partial charge in [0.1, 0.15) is 17.0 Å². The van der Waals surface area contributed by atoms with Gasteiger partial charge in [-0.3, -0.25) is 14.0 Å². The molecule has 0 unspecified atom stereocenters. The Morgan fingerprint density at radius 3 is 2.80 bits per heavy atom. The fourth-order valence-corrected chi connectivity index (χ4v) is 3.97. The summed E-state index contributed by atoms with van der Waals surface area (Å²) in [6.45, 7) is 1.64. The zero-order valence-electron chi connectivity index (χ0n) is 16.5. The minimum Gasteiger partial charge on any atom is -0.376 e. The molecule has 7 nitrogen and oxygen atoms in total. The van der Waals surface area contributed by atoms with Crippen LogP contribution >= 0.6 is 0 Å². The van der Waals surface area contributed by atoms with Gasteiger partial charge in [0.15, 0.2) is 0 Å². The van der Waals surface area contributed by atoms with Crippen LogP contribution in [0.15, 0.2) is 65.6 Å². The van der Waals surface area contributed by atoms with Crippen LogP contribution in [-0.2, 0) is 11.3 Å². The van der Waals surface area contributed by atoms with Crippen molar-refractivity contribution in [2.75, 3.05) is 13.2 Å². The van der Waals surface area contributed by atoms with Crippen LogP contribution in [0.3, 0.4) is 0 Å². The summed E-state index contributed by atoms with van der Waals surface area (Å²) in [6, 6.07) is 16.9. The summed E-state index contributed by atoms with van der Waals surface area (Å²) in [7, 11) is 0. The average Bonchev–Trinajstić information content (AvgIpc) is 3.42. The topological polar surface area (TPSA) is 77.6 Å². The number of benzene rings is 1. The average molecular weight is 402 g/mol. The highest BCUT2D eigenvalue weighted by Crippen LogP contribution is 2.19. The van der Waals surface area contributed by atoms with Crippen molar-refractivity contribution in [2.45, 2.75) is 25.5 Å². The third kappa shape index (κ3) is 3.37. The lowest BCUT2D eigenvalue weighted by Crippen LogP contribution is -2.33. The third-order valence-electron chi connectivity index (χ3n) is 5.51. The molecule has 1 aromatic carbocycles. The number of fused-ring (bicyclic) bond motifs is 2. The summed E-state index contributed by atoms with van der Waals surface area (Å²) in [5.74, 6) is -0.229. The molecule has 30 heavy (non-hydrogen) atoms. The zero-order valence-corrected chi connectivity index (χ0v) is 16.5. The van der Waals surface area contributed by atoms with Crippen LogP contribution < -0.4 is 10.9 Å². The predicted molar refractivity (Wildman–Crippen MR) is 114 cm³/mol. The molecule has 1 fully saturated rings. The highest BCUT2D eigenvalue weighted by molar-refractivity contribution is 5.98. The van der Waals surface area contributed by atoms with Crippen molar-refractivity contribution >= 4 is 22.6 Å². The van der Waals surface area contributed by atoms with Crippen LogP contribution in [-0.4, -0.2) is 39.1 Å². The van der Waals surface area contributed by atoms with Crippen molar-refractivity contribution in [3.05, 3.63) is 82.4 Å².